The van der Waals surface area contributed by atoms with Gasteiger partial charge in [-0.05, 0) is 12.6 Å². The third-order valence-corrected chi connectivity index (χ3v) is 15.8. The van der Waals surface area contributed by atoms with Crippen LogP contribution >= 0.6 is 0 Å². The van der Waals surface area contributed by atoms with E-state index < -0.39 is 39.5 Å². The van der Waals surface area contributed by atoms with Crippen LogP contribution in [0.15, 0.2) is 0 Å². The van der Waals surface area contributed by atoms with E-state index in [-0.39, 0.29) is 6.04 Å². The van der Waals surface area contributed by atoms with Crippen LogP contribution in [0.4, 0.5) is 13.2 Å². The first-order valence-electron chi connectivity index (χ1n) is 4.56. The average molecular weight is 279 g/mol. The minimum Gasteiger partial charge on any atom is -0.466 e. The number of alkyl halides is 3. The van der Waals surface area contributed by atoms with Crippen LogP contribution < -0.4 is 0 Å². The van der Waals surface area contributed by atoms with Gasteiger partial charge in [-0.1, -0.05) is 6.55 Å². The highest BCUT2D eigenvalue weighted by Crippen LogP contribution is 2.22. The largest absolute Gasteiger partial charge is 0.466 e. The van der Waals surface area contributed by atoms with Crippen LogP contribution in [-0.4, -0.2) is 43.5 Å². The van der Waals surface area contributed by atoms with E-state index in [1.165, 1.54) is 0 Å². The molecule has 0 saturated heterocycles. The van der Waals surface area contributed by atoms with Gasteiger partial charge in [0.25, 0.3) is 0 Å². The highest BCUT2D eigenvalue weighted by atomic mass is 29.2. The van der Waals surface area contributed by atoms with Gasteiger partial charge in [0.05, 0.1) is 0 Å². The molecule has 0 N–H and O–H groups in total. The second-order valence-electron chi connectivity index (χ2n) is 3.34. The lowest BCUT2D eigenvalue weighted by Crippen LogP contribution is -2.29. The SMILES string of the molecule is C[SiH](CCC(F)(F)F)O[SiH2][SiH](C)O[SiH3]. The standard InChI is InChI=1S/C5H17F3O2Si4/c1-13(4-3-5(6,7)8)10-12-14(2)9-11/h13-14H,3-4,12H2,1-2,11H3. The van der Waals surface area contributed by atoms with E-state index in [4.69, 9.17) is 8.23 Å². The molecule has 0 aliphatic carbocycles. The van der Waals surface area contributed by atoms with Crippen molar-refractivity contribution in [2.24, 2.45) is 0 Å². The third-order valence-electron chi connectivity index (χ3n) is 1.85. The lowest BCUT2D eigenvalue weighted by atomic mass is 10.5. The van der Waals surface area contributed by atoms with Crippen molar-refractivity contribution >= 4 is 37.4 Å². The zero-order valence-electron chi connectivity index (χ0n) is 8.73. The van der Waals surface area contributed by atoms with Gasteiger partial charge in [0.2, 0.25) is 0 Å². The van der Waals surface area contributed by atoms with E-state index in [0.29, 0.717) is 0 Å². The van der Waals surface area contributed by atoms with Gasteiger partial charge < -0.3 is 8.23 Å². The molecule has 2 atom stereocenters. The summed E-state index contributed by atoms with van der Waals surface area (Å²) in [6.07, 6.45) is -4.71. The van der Waals surface area contributed by atoms with Crippen molar-refractivity contribution < 1.29 is 21.4 Å². The van der Waals surface area contributed by atoms with Gasteiger partial charge in [-0.15, -0.1) is 0 Å². The summed E-state index contributed by atoms with van der Waals surface area (Å²) in [5, 5.41) is 0. The topological polar surface area (TPSA) is 18.5 Å². The molecular formula is C5H17F3O2Si4. The second-order valence-corrected chi connectivity index (χ2v) is 15.2. The Morgan fingerprint density at radius 3 is 2.36 bits per heavy atom. The van der Waals surface area contributed by atoms with E-state index in [2.05, 4.69) is 6.55 Å². The molecule has 0 bridgehead atoms. The molecule has 2 nitrogen and oxygen atoms in total. The summed E-state index contributed by atoms with van der Waals surface area (Å²) in [7, 11) is -2.53. The summed E-state index contributed by atoms with van der Waals surface area (Å²) >= 11 is 0. The predicted octanol–water partition coefficient (Wildman–Crippen LogP) is -0.460. The Morgan fingerprint density at radius 1 is 1.36 bits per heavy atom. The summed E-state index contributed by atoms with van der Waals surface area (Å²) in [5.41, 5.74) is 0. The molecule has 0 aromatic rings. The lowest BCUT2D eigenvalue weighted by Gasteiger charge is -2.15. The molecular weight excluding hydrogens is 261 g/mol. The first-order chi connectivity index (χ1) is 6.35. The molecule has 86 valence electrons. The van der Waals surface area contributed by atoms with E-state index in [1.807, 2.05) is 6.55 Å². The summed E-state index contributed by atoms with van der Waals surface area (Å²) in [6.45, 7) is 3.90. The molecule has 0 saturated carbocycles. The normalized spacial score (nSPS) is 17.8. The van der Waals surface area contributed by atoms with Gasteiger partial charge in [-0.3, -0.25) is 0 Å². The fourth-order valence-electron chi connectivity index (χ4n) is 0.818. The smallest absolute Gasteiger partial charge is 0.388 e. The van der Waals surface area contributed by atoms with E-state index in [9.17, 15) is 13.2 Å². The Morgan fingerprint density at radius 2 is 1.93 bits per heavy atom. The van der Waals surface area contributed by atoms with Gasteiger partial charge >= 0.3 is 6.18 Å². The zero-order valence-corrected chi connectivity index (χ0v) is 14.5. The van der Waals surface area contributed by atoms with E-state index in [0.717, 1.165) is 10.5 Å². The molecule has 0 fully saturated rings. The second kappa shape index (κ2) is 6.95. The number of rotatable bonds is 6. The van der Waals surface area contributed by atoms with Gasteiger partial charge in [0.1, 0.15) is 10.5 Å². The molecule has 0 aromatic heterocycles. The van der Waals surface area contributed by atoms with Gasteiger partial charge in [-0.2, -0.15) is 13.2 Å². The number of hydrogen-bond donors (Lipinski definition) is 0. The minimum atomic E-state index is -4.02. The van der Waals surface area contributed by atoms with Gasteiger partial charge in [0, 0.05) is 6.42 Å². The van der Waals surface area contributed by atoms with E-state index in [1.54, 1.807) is 0 Å². The maximum Gasteiger partial charge on any atom is 0.388 e. The Hall–Kier alpha value is 0.578. The van der Waals surface area contributed by atoms with Crippen LogP contribution in [0.5, 0.6) is 0 Å². The maximum atomic E-state index is 11.8. The molecule has 2 unspecified atom stereocenters. The summed E-state index contributed by atoms with van der Waals surface area (Å²) < 4.78 is 46.3. The van der Waals surface area contributed by atoms with Crippen LogP contribution in [0.3, 0.4) is 0 Å². The monoisotopic (exact) mass is 278 g/mol. The molecule has 0 spiro atoms. The molecule has 14 heavy (non-hydrogen) atoms. The molecule has 0 amide bonds. The van der Waals surface area contributed by atoms with Crippen LogP contribution in [0.25, 0.3) is 0 Å². The Balaban J connectivity index is 3.51. The van der Waals surface area contributed by atoms with E-state index >= 15 is 0 Å². The first-order valence-corrected chi connectivity index (χ1v) is 13.3. The quantitative estimate of drug-likeness (QED) is 0.612. The molecule has 0 aromatic carbocycles. The summed E-state index contributed by atoms with van der Waals surface area (Å²) in [4.78, 5) is 0. The Kier molecular flexibility index (Phi) is 7.24. The van der Waals surface area contributed by atoms with Crippen molar-refractivity contribution in [3.63, 3.8) is 0 Å². The molecule has 0 radical (unpaired) electrons. The summed E-state index contributed by atoms with van der Waals surface area (Å²) in [6, 6.07) is 0.207. The van der Waals surface area contributed by atoms with Crippen LogP contribution in [-0.2, 0) is 8.23 Å². The van der Waals surface area contributed by atoms with Crippen LogP contribution in [0, 0.1) is 0 Å². The van der Waals surface area contributed by atoms with Crippen molar-refractivity contribution in [3.05, 3.63) is 0 Å². The highest BCUT2D eigenvalue weighted by Gasteiger charge is 2.28. The highest BCUT2D eigenvalue weighted by molar-refractivity contribution is 7.08. The lowest BCUT2D eigenvalue weighted by molar-refractivity contribution is -0.130. The molecule has 0 rings (SSSR count). The predicted molar refractivity (Wildman–Crippen MR) is 62.2 cm³/mol. The Labute approximate surface area is 90.9 Å². The third kappa shape index (κ3) is 9.15. The molecule has 0 heterocycles. The van der Waals surface area contributed by atoms with Crippen molar-refractivity contribution in [2.45, 2.75) is 31.7 Å². The molecule has 0 aliphatic rings. The van der Waals surface area contributed by atoms with Crippen LogP contribution in [0.1, 0.15) is 6.42 Å². The zero-order chi connectivity index (χ0) is 11.2. The Bertz CT molecular complexity index is 156. The summed E-state index contributed by atoms with van der Waals surface area (Å²) in [5.74, 6) is 0. The van der Waals surface area contributed by atoms with Crippen molar-refractivity contribution in [3.8, 4) is 0 Å². The first kappa shape index (κ1) is 14.6. The van der Waals surface area contributed by atoms with Crippen molar-refractivity contribution in [1.82, 2.24) is 0 Å². The average Bonchev–Trinajstić information content (AvgIpc) is 2.09. The number of hydrogen-bond acceptors (Lipinski definition) is 2. The molecule has 0 aliphatic heterocycles. The molecule has 9 heteroatoms. The maximum absolute atomic E-state index is 11.8. The fraction of sp³-hybridized carbons (Fsp3) is 1.00. The number of halogens is 3. The van der Waals surface area contributed by atoms with Gasteiger partial charge in [0.15, 0.2) is 26.9 Å². The van der Waals surface area contributed by atoms with Crippen molar-refractivity contribution in [2.75, 3.05) is 0 Å². The van der Waals surface area contributed by atoms with Gasteiger partial charge in [-0.25, -0.2) is 0 Å². The van der Waals surface area contributed by atoms with Crippen LogP contribution in [0.2, 0.25) is 19.1 Å². The fourth-order valence-corrected chi connectivity index (χ4v) is 11.8. The minimum absolute atomic E-state index is 0.207. The van der Waals surface area contributed by atoms with Crippen molar-refractivity contribution in [1.29, 1.82) is 0 Å².